The van der Waals surface area contributed by atoms with Crippen LogP contribution < -0.4 is 9.47 Å². The van der Waals surface area contributed by atoms with Crippen molar-refractivity contribution in [2.24, 2.45) is 4.99 Å². The monoisotopic (exact) mass is 512 g/mol. The number of rotatable bonds is 7. The molecule has 3 aromatic rings. The lowest BCUT2D eigenvalue weighted by atomic mass is 10.1. The quantitative estimate of drug-likeness (QED) is 0.156. The Morgan fingerprint density at radius 2 is 1.78 bits per heavy atom. The third-order valence-corrected chi connectivity index (χ3v) is 5.27. The molecule has 8 nitrogen and oxygen atoms in total. The molecule has 0 amide bonds. The van der Waals surface area contributed by atoms with Gasteiger partial charge in [0.15, 0.2) is 17.2 Å². The van der Waals surface area contributed by atoms with Crippen LogP contribution in [0.3, 0.4) is 0 Å². The summed E-state index contributed by atoms with van der Waals surface area (Å²) in [5.74, 6) is -0.673. The normalized spacial score (nSPS) is 14.4. The first-order chi connectivity index (χ1) is 17.6. The lowest BCUT2D eigenvalue weighted by Gasteiger charge is -2.13. The van der Waals surface area contributed by atoms with E-state index in [0.717, 1.165) is 11.6 Å². The average Bonchev–Trinajstić information content (AvgIpc) is 3.20. The first-order valence-corrected chi connectivity index (χ1v) is 11.0. The molecule has 4 rings (SSSR count). The maximum absolute atomic E-state index is 13.0. The van der Waals surface area contributed by atoms with Crippen molar-refractivity contribution in [2.75, 3.05) is 6.61 Å². The summed E-state index contributed by atoms with van der Waals surface area (Å²) in [4.78, 5) is 27.1. The maximum Gasteiger partial charge on any atom is 0.416 e. The van der Waals surface area contributed by atoms with Gasteiger partial charge in [0.25, 0.3) is 0 Å². The molecular formula is C26H19F3N2O6. The molecule has 0 N–H and O–H groups in total. The molecule has 0 aliphatic carbocycles. The van der Waals surface area contributed by atoms with Crippen LogP contribution in [0.15, 0.2) is 71.4 Å². The number of aryl methyl sites for hydroxylation is 1. The Hall–Kier alpha value is -4.67. The Morgan fingerprint density at radius 3 is 2.46 bits per heavy atom. The summed E-state index contributed by atoms with van der Waals surface area (Å²) in [5, 5.41) is 11.4. The summed E-state index contributed by atoms with van der Waals surface area (Å²) in [6.07, 6.45) is -3.28. The lowest BCUT2D eigenvalue weighted by Crippen LogP contribution is -2.06. The van der Waals surface area contributed by atoms with Gasteiger partial charge in [0.2, 0.25) is 11.6 Å². The van der Waals surface area contributed by atoms with E-state index in [2.05, 4.69) is 4.99 Å². The summed E-state index contributed by atoms with van der Waals surface area (Å²) >= 11 is 0. The van der Waals surface area contributed by atoms with Crippen LogP contribution in [0.1, 0.15) is 29.2 Å². The highest BCUT2D eigenvalue weighted by Crippen LogP contribution is 2.40. The molecule has 3 aromatic carbocycles. The standard InChI is InChI=1S/C26H19F3N2O6/c1-3-35-23-13-16(12-19-25(32)37-24(30-19)18-7-5-4-6-15(18)2)8-10-22(23)36-21-11-9-17(26(27,28)29)14-20(21)31(33)34/h4-14H,3H2,1-2H3/b19-12-. The van der Waals surface area contributed by atoms with Crippen molar-refractivity contribution in [3.05, 3.63) is 98.7 Å². The summed E-state index contributed by atoms with van der Waals surface area (Å²) in [6.45, 7) is 3.76. The molecule has 0 fully saturated rings. The molecule has 0 bridgehead atoms. The van der Waals surface area contributed by atoms with Crippen LogP contribution in [-0.4, -0.2) is 23.4 Å². The number of hydrogen-bond donors (Lipinski definition) is 0. The van der Waals surface area contributed by atoms with E-state index in [0.29, 0.717) is 23.3 Å². The molecule has 0 saturated heterocycles. The molecule has 0 unspecified atom stereocenters. The fourth-order valence-electron chi connectivity index (χ4n) is 3.50. The molecule has 0 spiro atoms. The number of carbonyl (C=O) groups is 1. The molecule has 11 heteroatoms. The number of ether oxygens (including phenoxy) is 3. The fourth-order valence-corrected chi connectivity index (χ4v) is 3.50. The van der Waals surface area contributed by atoms with E-state index >= 15 is 0 Å². The Kier molecular flexibility index (Phi) is 6.96. The van der Waals surface area contributed by atoms with Crippen molar-refractivity contribution in [2.45, 2.75) is 20.0 Å². The van der Waals surface area contributed by atoms with E-state index in [-0.39, 0.29) is 29.7 Å². The van der Waals surface area contributed by atoms with Gasteiger partial charge in [-0.25, -0.2) is 9.79 Å². The second-order valence-electron chi connectivity index (χ2n) is 7.83. The minimum Gasteiger partial charge on any atom is -0.490 e. The van der Waals surface area contributed by atoms with Crippen LogP contribution in [0, 0.1) is 17.0 Å². The lowest BCUT2D eigenvalue weighted by molar-refractivity contribution is -0.385. The van der Waals surface area contributed by atoms with Crippen molar-refractivity contribution in [3.8, 4) is 17.2 Å². The van der Waals surface area contributed by atoms with Crippen molar-refractivity contribution >= 4 is 23.6 Å². The first-order valence-electron chi connectivity index (χ1n) is 11.0. The molecule has 0 atom stereocenters. The van der Waals surface area contributed by atoms with Gasteiger partial charge in [0, 0.05) is 11.6 Å². The van der Waals surface area contributed by atoms with Gasteiger partial charge in [-0.3, -0.25) is 10.1 Å². The molecule has 0 radical (unpaired) electrons. The van der Waals surface area contributed by atoms with Gasteiger partial charge in [0.1, 0.15) is 0 Å². The largest absolute Gasteiger partial charge is 0.490 e. The Balaban J connectivity index is 1.66. The van der Waals surface area contributed by atoms with Gasteiger partial charge in [-0.1, -0.05) is 24.3 Å². The number of carbonyl (C=O) groups excluding carboxylic acids is 1. The van der Waals surface area contributed by atoms with Crippen LogP contribution in [-0.2, 0) is 15.7 Å². The van der Waals surface area contributed by atoms with Crippen LogP contribution in [0.2, 0.25) is 0 Å². The van der Waals surface area contributed by atoms with Gasteiger partial charge in [-0.05, 0) is 61.4 Å². The second-order valence-corrected chi connectivity index (χ2v) is 7.83. The second kappa shape index (κ2) is 10.1. The zero-order valence-electron chi connectivity index (χ0n) is 19.5. The number of alkyl halides is 3. The van der Waals surface area contributed by atoms with Crippen LogP contribution in [0.25, 0.3) is 6.08 Å². The molecule has 1 aliphatic heterocycles. The Bertz CT molecular complexity index is 1450. The highest BCUT2D eigenvalue weighted by molar-refractivity contribution is 6.13. The molecule has 37 heavy (non-hydrogen) atoms. The van der Waals surface area contributed by atoms with Gasteiger partial charge >= 0.3 is 17.8 Å². The predicted molar refractivity (Wildman–Crippen MR) is 128 cm³/mol. The van der Waals surface area contributed by atoms with Crippen LogP contribution in [0.4, 0.5) is 18.9 Å². The van der Waals surface area contributed by atoms with Crippen molar-refractivity contribution in [3.63, 3.8) is 0 Å². The Labute approximate surface area is 208 Å². The van der Waals surface area contributed by atoms with Crippen LogP contribution >= 0.6 is 0 Å². The summed E-state index contributed by atoms with van der Waals surface area (Å²) in [5.41, 5.74) is 0.0685. The van der Waals surface area contributed by atoms with E-state index in [1.54, 1.807) is 19.1 Å². The van der Waals surface area contributed by atoms with E-state index in [4.69, 9.17) is 14.2 Å². The number of halogens is 3. The summed E-state index contributed by atoms with van der Waals surface area (Å²) < 4.78 is 55.5. The van der Waals surface area contributed by atoms with Crippen molar-refractivity contribution in [1.82, 2.24) is 0 Å². The molecule has 0 saturated carbocycles. The topological polar surface area (TPSA) is 100 Å². The number of hydrogen-bond acceptors (Lipinski definition) is 7. The smallest absolute Gasteiger partial charge is 0.416 e. The SMILES string of the molecule is CCOc1cc(/C=C2\N=C(c3ccccc3C)OC2=O)ccc1Oc1ccc(C(F)(F)F)cc1[N+](=O)[O-]. The highest BCUT2D eigenvalue weighted by atomic mass is 19.4. The zero-order valence-corrected chi connectivity index (χ0v) is 19.5. The third kappa shape index (κ3) is 5.61. The number of nitro benzene ring substituents is 1. The van der Waals surface area contributed by atoms with Crippen molar-refractivity contribution < 1.29 is 37.1 Å². The van der Waals surface area contributed by atoms with Gasteiger partial charge < -0.3 is 14.2 Å². The van der Waals surface area contributed by atoms with E-state index < -0.39 is 34.1 Å². The average molecular weight is 512 g/mol. The predicted octanol–water partition coefficient (Wildman–Crippen LogP) is 6.46. The Morgan fingerprint density at radius 1 is 1.05 bits per heavy atom. The third-order valence-electron chi connectivity index (χ3n) is 5.27. The maximum atomic E-state index is 13.0. The minimum absolute atomic E-state index is 0.0324. The first kappa shape index (κ1) is 25.4. The number of cyclic esters (lactones) is 1. The molecule has 190 valence electrons. The fraction of sp³-hybridized carbons (Fsp3) is 0.154. The number of esters is 1. The van der Waals surface area contributed by atoms with E-state index in [1.807, 2.05) is 19.1 Å². The van der Waals surface area contributed by atoms with Gasteiger partial charge in [-0.15, -0.1) is 0 Å². The van der Waals surface area contributed by atoms with Crippen molar-refractivity contribution in [1.29, 1.82) is 0 Å². The van der Waals surface area contributed by atoms with E-state index in [9.17, 15) is 28.1 Å². The van der Waals surface area contributed by atoms with E-state index in [1.165, 1.54) is 24.3 Å². The number of aliphatic imine (C=N–C) groups is 1. The van der Waals surface area contributed by atoms with Crippen LogP contribution in [0.5, 0.6) is 17.2 Å². The highest BCUT2D eigenvalue weighted by Gasteiger charge is 2.33. The molecule has 1 aliphatic rings. The molecule has 1 heterocycles. The zero-order chi connectivity index (χ0) is 26.7. The van der Waals surface area contributed by atoms with Gasteiger partial charge in [-0.2, -0.15) is 13.2 Å². The summed E-state index contributed by atoms with van der Waals surface area (Å²) in [7, 11) is 0. The van der Waals surface area contributed by atoms with Gasteiger partial charge in [0.05, 0.1) is 17.1 Å². The number of benzene rings is 3. The summed E-state index contributed by atoms with van der Waals surface area (Å²) in [6, 6.07) is 13.7. The molecular weight excluding hydrogens is 493 g/mol. The molecule has 0 aromatic heterocycles. The number of nitrogens with zero attached hydrogens (tertiary/aromatic N) is 2. The minimum atomic E-state index is -4.75. The number of nitro groups is 1.